The van der Waals surface area contributed by atoms with Crippen LogP contribution in [-0.2, 0) is 22.4 Å². The van der Waals surface area contributed by atoms with Crippen molar-refractivity contribution in [3.05, 3.63) is 93.3 Å². The van der Waals surface area contributed by atoms with Gasteiger partial charge >= 0.3 is 18.2 Å². The fourth-order valence-corrected chi connectivity index (χ4v) is 4.61. The number of fused-ring (bicyclic) bond motifs is 1. The van der Waals surface area contributed by atoms with Gasteiger partial charge < -0.3 is 20.1 Å². The summed E-state index contributed by atoms with van der Waals surface area (Å²) >= 11 is 0. The molecule has 0 aromatic heterocycles. The van der Waals surface area contributed by atoms with Crippen LogP contribution in [0, 0.1) is 21.8 Å². The molecule has 2 N–H and O–H groups in total. The number of alkyl carbamates (subject to hydrolysis) is 1. The van der Waals surface area contributed by atoms with Crippen molar-refractivity contribution in [1.29, 1.82) is 0 Å². The van der Waals surface area contributed by atoms with Gasteiger partial charge in [-0.25, -0.2) is 9.18 Å². The van der Waals surface area contributed by atoms with Crippen LogP contribution < -0.4 is 15.4 Å². The quantitative estimate of drug-likeness (QED) is 0.174. The van der Waals surface area contributed by atoms with E-state index in [4.69, 9.17) is 9.47 Å². The third kappa shape index (κ3) is 7.33. The molecule has 42 heavy (non-hydrogen) atoms. The van der Waals surface area contributed by atoms with Crippen molar-refractivity contribution in [2.24, 2.45) is 5.92 Å². The monoisotopic (exact) mass is 589 g/mol. The number of nitrogens with zero attached hydrogens (tertiary/aromatic N) is 1. The zero-order valence-electron chi connectivity index (χ0n) is 22.8. The summed E-state index contributed by atoms with van der Waals surface area (Å²) in [6, 6.07) is 14.9. The maximum absolute atomic E-state index is 14.6. The number of nitro benzene ring substituents is 1. The molecule has 0 bridgehead atoms. The lowest BCUT2D eigenvalue weighted by Gasteiger charge is -2.27. The van der Waals surface area contributed by atoms with E-state index in [0.29, 0.717) is 30.5 Å². The number of hydrogen-bond donors (Lipinski definition) is 2. The molecule has 1 aliphatic carbocycles. The first-order chi connectivity index (χ1) is 19.6. The Labute approximate surface area is 238 Å². The summed E-state index contributed by atoms with van der Waals surface area (Å²) in [7, 11) is 0. The highest BCUT2D eigenvalue weighted by atomic mass is 19.4. The highest BCUT2D eigenvalue weighted by Gasteiger charge is 2.40. The van der Waals surface area contributed by atoms with E-state index in [-0.39, 0.29) is 11.7 Å². The summed E-state index contributed by atoms with van der Waals surface area (Å²) in [5.41, 5.74) is 0.397. The van der Waals surface area contributed by atoms with Crippen LogP contribution in [0.3, 0.4) is 0 Å². The molecule has 2 amide bonds. The molecule has 1 unspecified atom stereocenters. The second-order valence-electron chi connectivity index (χ2n) is 10.8. The van der Waals surface area contributed by atoms with Gasteiger partial charge in [-0.15, -0.1) is 0 Å². The van der Waals surface area contributed by atoms with E-state index in [1.807, 2.05) is 45.0 Å². The molecule has 1 atom stereocenters. The lowest BCUT2D eigenvalue weighted by Crippen LogP contribution is -2.42. The predicted octanol–water partition coefficient (Wildman–Crippen LogP) is 7.01. The summed E-state index contributed by atoms with van der Waals surface area (Å²) in [4.78, 5) is 34.2. The van der Waals surface area contributed by atoms with Crippen LogP contribution in [-0.4, -0.2) is 28.6 Å². The van der Waals surface area contributed by atoms with E-state index in [0.717, 1.165) is 11.1 Å². The molecule has 0 saturated heterocycles. The number of alkyl halides is 3. The van der Waals surface area contributed by atoms with Gasteiger partial charge in [0.05, 0.1) is 11.0 Å². The number of carbonyl (C=O) groups is 2. The Morgan fingerprint density at radius 2 is 1.60 bits per heavy atom. The van der Waals surface area contributed by atoms with Gasteiger partial charge in [-0.3, -0.25) is 14.9 Å². The Kier molecular flexibility index (Phi) is 8.41. The number of anilines is 1. The third-order valence-corrected chi connectivity index (χ3v) is 6.41. The number of benzene rings is 3. The number of nitro groups is 1. The van der Waals surface area contributed by atoms with Gasteiger partial charge in [0.2, 0.25) is 0 Å². The van der Waals surface area contributed by atoms with Crippen molar-refractivity contribution < 1.29 is 41.5 Å². The molecular formula is C29H27F4N3O6. The van der Waals surface area contributed by atoms with Crippen LogP contribution in [0.2, 0.25) is 0 Å². The zero-order chi connectivity index (χ0) is 30.8. The fourth-order valence-electron chi connectivity index (χ4n) is 4.61. The molecule has 0 radical (unpaired) electrons. The van der Waals surface area contributed by atoms with Gasteiger partial charge in [0, 0.05) is 17.5 Å². The van der Waals surface area contributed by atoms with Crippen molar-refractivity contribution in [2.75, 3.05) is 5.32 Å². The molecule has 0 spiro atoms. The number of carbonyl (C=O) groups excluding carboxylic acids is 2. The van der Waals surface area contributed by atoms with Gasteiger partial charge in [0.25, 0.3) is 5.69 Å². The second kappa shape index (κ2) is 11.7. The summed E-state index contributed by atoms with van der Waals surface area (Å²) in [5, 5.41) is 15.4. The molecule has 9 nitrogen and oxygen atoms in total. The van der Waals surface area contributed by atoms with Crippen LogP contribution in [0.15, 0.2) is 60.7 Å². The number of amides is 2. The molecule has 4 rings (SSSR count). The zero-order valence-corrected chi connectivity index (χ0v) is 22.8. The standard InChI is InChI=1S/C29H27F4N3O6/c1-28(2,3)35-27(38)42-25(19-12-17-6-4-5-7-18(17)13-19)16-8-10-20(11-9-16)41-24-15-22(34-26(37)29(31,32)33)23(36(39)40)14-21(24)30/h4-11,14-15,19,25H,12-13H2,1-3H3,(H,34,37)(H,35,38). The summed E-state index contributed by atoms with van der Waals surface area (Å²) < 4.78 is 64.1. The molecule has 222 valence electrons. The molecule has 0 aliphatic heterocycles. The van der Waals surface area contributed by atoms with E-state index >= 15 is 0 Å². The lowest BCUT2D eigenvalue weighted by molar-refractivity contribution is -0.384. The minimum Gasteiger partial charge on any atom is -0.454 e. The van der Waals surface area contributed by atoms with Crippen molar-refractivity contribution in [1.82, 2.24) is 5.32 Å². The first kappa shape index (κ1) is 30.3. The van der Waals surface area contributed by atoms with Crippen LogP contribution in [0.25, 0.3) is 0 Å². The van der Waals surface area contributed by atoms with Crippen LogP contribution in [0.4, 0.5) is 33.7 Å². The fraction of sp³-hybridized carbons (Fsp3) is 0.310. The molecule has 0 saturated carbocycles. The van der Waals surface area contributed by atoms with Crippen molar-refractivity contribution in [3.63, 3.8) is 0 Å². The lowest BCUT2D eigenvalue weighted by atomic mass is 9.93. The van der Waals surface area contributed by atoms with Gasteiger partial charge in [0.15, 0.2) is 11.6 Å². The average molecular weight is 590 g/mol. The Bertz CT molecular complexity index is 1480. The summed E-state index contributed by atoms with van der Waals surface area (Å²) in [5.74, 6) is -4.41. The Hall–Kier alpha value is -4.68. The number of rotatable bonds is 7. The third-order valence-electron chi connectivity index (χ3n) is 6.41. The van der Waals surface area contributed by atoms with Gasteiger partial charge in [-0.1, -0.05) is 36.4 Å². The smallest absolute Gasteiger partial charge is 0.454 e. The summed E-state index contributed by atoms with van der Waals surface area (Å²) in [6.45, 7) is 5.45. The van der Waals surface area contributed by atoms with Gasteiger partial charge in [0.1, 0.15) is 17.5 Å². The Balaban J connectivity index is 1.59. The van der Waals surface area contributed by atoms with E-state index in [1.165, 1.54) is 17.4 Å². The Morgan fingerprint density at radius 1 is 1.00 bits per heavy atom. The van der Waals surface area contributed by atoms with Gasteiger partial charge in [-0.05, 0) is 62.4 Å². The second-order valence-corrected chi connectivity index (χ2v) is 10.8. The molecule has 3 aromatic rings. The summed E-state index contributed by atoms with van der Waals surface area (Å²) in [6.07, 6.45) is -5.26. The number of hydrogen-bond acceptors (Lipinski definition) is 6. The highest BCUT2D eigenvalue weighted by Crippen LogP contribution is 2.39. The van der Waals surface area contributed by atoms with Crippen molar-refractivity contribution >= 4 is 23.4 Å². The first-order valence-corrected chi connectivity index (χ1v) is 12.8. The minimum absolute atomic E-state index is 0.0344. The molecule has 0 fully saturated rings. The highest BCUT2D eigenvalue weighted by molar-refractivity contribution is 5.97. The largest absolute Gasteiger partial charge is 0.471 e. The van der Waals surface area contributed by atoms with Crippen molar-refractivity contribution in [3.8, 4) is 11.5 Å². The molecular weight excluding hydrogens is 562 g/mol. The van der Waals surface area contributed by atoms with Crippen LogP contribution >= 0.6 is 0 Å². The van der Waals surface area contributed by atoms with E-state index in [2.05, 4.69) is 5.32 Å². The molecule has 3 aromatic carbocycles. The number of ether oxygens (including phenoxy) is 2. The van der Waals surface area contributed by atoms with E-state index in [9.17, 15) is 37.3 Å². The first-order valence-electron chi connectivity index (χ1n) is 12.8. The molecule has 1 aliphatic rings. The minimum atomic E-state index is -5.33. The normalized spacial score (nSPS) is 14.1. The average Bonchev–Trinajstić information content (AvgIpc) is 3.32. The van der Waals surface area contributed by atoms with Crippen molar-refractivity contribution in [2.45, 2.75) is 51.4 Å². The topological polar surface area (TPSA) is 120 Å². The van der Waals surface area contributed by atoms with E-state index in [1.54, 1.807) is 12.1 Å². The SMILES string of the molecule is CC(C)(C)NC(=O)OC(c1ccc(Oc2cc(NC(=O)C(F)(F)F)c([N+](=O)[O-])cc2F)cc1)C1Cc2ccccc2C1. The van der Waals surface area contributed by atoms with Gasteiger partial charge in [-0.2, -0.15) is 13.2 Å². The van der Waals surface area contributed by atoms with E-state index < -0.39 is 57.7 Å². The predicted molar refractivity (Wildman–Crippen MR) is 144 cm³/mol. The number of nitrogens with one attached hydrogen (secondary N) is 2. The molecule has 13 heteroatoms. The Morgan fingerprint density at radius 3 is 2.12 bits per heavy atom. The maximum atomic E-state index is 14.6. The molecule has 0 heterocycles. The van der Waals surface area contributed by atoms with Crippen LogP contribution in [0.1, 0.15) is 43.6 Å². The maximum Gasteiger partial charge on any atom is 0.471 e. The van der Waals surface area contributed by atoms with Crippen LogP contribution in [0.5, 0.6) is 11.5 Å². The number of halogens is 4.